The minimum atomic E-state index is -0.416. The number of nitrogens with zero attached hydrogens (tertiary/aromatic N) is 2. The van der Waals surface area contributed by atoms with E-state index in [-0.39, 0.29) is 17.2 Å². The number of aryl methyl sites for hydroxylation is 1. The maximum atomic E-state index is 11.5. The molecule has 0 spiro atoms. The average molecular weight is 358 g/mol. The zero-order valence-electron chi connectivity index (χ0n) is 16.2. The van der Waals surface area contributed by atoms with E-state index < -0.39 is 7.12 Å². The fraction of sp³-hybridized carbons (Fsp3) is 0.579. The number of carbonyl (C=O) groups excluding carboxylic acids is 1. The van der Waals surface area contributed by atoms with E-state index >= 15 is 0 Å². The summed E-state index contributed by atoms with van der Waals surface area (Å²) in [5.74, 6) is -0.158. The van der Waals surface area contributed by atoms with Gasteiger partial charge in [-0.25, -0.2) is 4.98 Å². The van der Waals surface area contributed by atoms with Crippen LogP contribution in [0.25, 0.3) is 11.0 Å². The summed E-state index contributed by atoms with van der Waals surface area (Å²) in [5, 5.41) is 1.02. The quantitative estimate of drug-likeness (QED) is 0.587. The monoisotopic (exact) mass is 358 g/mol. The van der Waals surface area contributed by atoms with E-state index in [9.17, 15) is 4.79 Å². The van der Waals surface area contributed by atoms with Crippen LogP contribution in [-0.4, -0.2) is 40.4 Å². The van der Waals surface area contributed by atoms with Gasteiger partial charge in [0.05, 0.1) is 17.8 Å². The third-order valence-corrected chi connectivity index (χ3v) is 5.29. The van der Waals surface area contributed by atoms with Crippen LogP contribution in [0.4, 0.5) is 0 Å². The Morgan fingerprint density at radius 2 is 1.92 bits per heavy atom. The Morgan fingerprint density at radius 3 is 2.58 bits per heavy atom. The highest BCUT2D eigenvalue weighted by Gasteiger charge is 2.52. The summed E-state index contributed by atoms with van der Waals surface area (Å²) in [6.07, 6.45) is 4.90. The third kappa shape index (κ3) is 3.51. The van der Waals surface area contributed by atoms with Crippen LogP contribution in [0.2, 0.25) is 0 Å². The van der Waals surface area contributed by atoms with Crippen molar-refractivity contribution < 1.29 is 18.8 Å². The molecule has 6 nitrogen and oxygen atoms in total. The number of pyridine rings is 1. The van der Waals surface area contributed by atoms with Crippen molar-refractivity contribution in [3.05, 3.63) is 24.5 Å². The molecule has 2 aromatic rings. The maximum absolute atomic E-state index is 11.5. The largest absolute Gasteiger partial charge is 0.495 e. The molecule has 1 aliphatic heterocycles. The molecule has 3 heterocycles. The Hall–Kier alpha value is -1.86. The predicted octanol–water partition coefficient (Wildman–Crippen LogP) is 2.68. The molecule has 0 aromatic carbocycles. The summed E-state index contributed by atoms with van der Waals surface area (Å²) in [5.41, 5.74) is 1.10. The molecule has 0 atom stereocenters. The maximum Gasteiger partial charge on any atom is 0.495 e. The van der Waals surface area contributed by atoms with Gasteiger partial charge in [-0.2, -0.15) is 0 Å². The number of hydrogen-bond donors (Lipinski definition) is 0. The van der Waals surface area contributed by atoms with Gasteiger partial charge in [0.2, 0.25) is 0 Å². The normalized spacial score (nSPS) is 18.4. The van der Waals surface area contributed by atoms with Crippen molar-refractivity contribution in [2.45, 2.75) is 65.2 Å². The molecular weight excluding hydrogens is 331 g/mol. The molecule has 2 aromatic heterocycles. The molecule has 1 fully saturated rings. The lowest BCUT2D eigenvalue weighted by molar-refractivity contribution is -0.143. The van der Waals surface area contributed by atoms with Crippen LogP contribution >= 0.6 is 0 Å². The summed E-state index contributed by atoms with van der Waals surface area (Å²) in [4.78, 5) is 16.0. The first kappa shape index (κ1) is 18.9. The molecule has 26 heavy (non-hydrogen) atoms. The van der Waals surface area contributed by atoms with Gasteiger partial charge in [0.25, 0.3) is 0 Å². The number of rotatable bonds is 6. The summed E-state index contributed by atoms with van der Waals surface area (Å²) in [7, 11) is -0.416. The molecule has 0 N–H and O–H groups in total. The molecule has 0 saturated carbocycles. The molecule has 0 radical (unpaired) electrons. The standard InChI is InChI=1S/C19H27BN2O4/c1-6-24-16(23)8-7-12-22-13-10-14-15(9-11-21-17(14)22)20-25-18(2,3)19(4,5)26-20/h9-11,13H,6-8,12H2,1-5H3. The van der Waals surface area contributed by atoms with Gasteiger partial charge in [-0.1, -0.05) is 0 Å². The molecule has 0 unspecified atom stereocenters. The lowest BCUT2D eigenvalue weighted by atomic mass is 9.78. The van der Waals surface area contributed by atoms with Gasteiger partial charge in [0, 0.05) is 30.7 Å². The Morgan fingerprint density at radius 1 is 1.23 bits per heavy atom. The van der Waals surface area contributed by atoms with Crippen molar-refractivity contribution >= 4 is 29.6 Å². The van der Waals surface area contributed by atoms with Crippen LogP contribution in [0, 0.1) is 0 Å². The smallest absolute Gasteiger partial charge is 0.466 e. The van der Waals surface area contributed by atoms with Crippen molar-refractivity contribution in [2.75, 3.05) is 6.61 Å². The van der Waals surface area contributed by atoms with Gasteiger partial charge in [-0.3, -0.25) is 4.79 Å². The minimum Gasteiger partial charge on any atom is -0.466 e. The second-order valence-corrected chi connectivity index (χ2v) is 7.64. The van der Waals surface area contributed by atoms with Crippen molar-refractivity contribution in [3.63, 3.8) is 0 Å². The van der Waals surface area contributed by atoms with E-state index in [1.807, 2.05) is 52.9 Å². The molecular formula is C19H27BN2O4. The molecule has 1 saturated heterocycles. The van der Waals surface area contributed by atoms with Crippen LogP contribution in [0.15, 0.2) is 24.5 Å². The van der Waals surface area contributed by atoms with E-state index in [4.69, 9.17) is 14.0 Å². The highest BCUT2D eigenvalue weighted by molar-refractivity contribution is 6.65. The van der Waals surface area contributed by atoms with Gasteiger partial charge in [0.15, 0.2) is 0 Å². The lowest BCUT2D eigenvalue weighted by Crippen LogP contribution is -2.41. The molecule has 0 bridgehead atoms. The van der Waals surface area contributed by atoms with Crippen LogP contribution in [0.5, 0.6) is 0 Å². The van der Waals surface area contributed by atoms with E-state index in [1.54, 1.807) is 6.20 Å². The Kier molecular flexibility index (Phi) is 5.13. The van der Waals surface area contributed by atoms with Crippen molar-refractivity contribution in [3.8, 4) is 0 Å². The van der Waals surface area contributed by atoms with Crippen LogP contribution in [0.1, 0.15) is 47.5 Å². The summed E-state index contributed by atoms with van der Waals surface area (Å²) < 4.78 is 19.4. The molecule has 140 valence electrons. The number of esters is 1. The fourth-order valence-corrected chi connectivity index (χ4v) is 3.09. The highest BCUT2D eigenvalue weighted by Crippen LogP contribution is 2.36. The van der Waals surface area contributed by atoms with Crippen LogP contribution < -0.4 is 5.46 Å². The molecule has 0 aliphatic carbocycles. The highest BCUT2D eigenvalue weighted by atomic mass is 16.7. The summed E-state index contributed by atoms with van der Waals surface area (Å²) in [6.45, 7) is 11.1. The van der Waals surface area contributed by atoms with Gasteiger partial charge < -0.3 is 18.6 Å². The Labute approximate surface area is 155 Å². The minimum absolute atomic E-state index is 0.158. The molecule has 0 amide bonds. The lowest BCUT2D eigenvalue weighted by Gasteiger charge is -2.32. The first-order valence-corrected chi connectivity index (χ1v) is 9.20. The topological polar surface area (TPSA) is 62.6 Å². The number of fused-ring (bicyclic) bond motifs is 1. The third-order valence-electron chi connectivity index (χ3n) is 5.29. The zero-order chi connectivity index (χ0) is 18.9. The number of aromatic nitrogens is 2. The van der Waals surface area contributed by atoms with Crippen molar-refractivity contribution in [1.29, 1.82) is 0 Å². The summed E-state index contributed by atoms with van der Waals surface area (Å²) in [6, 6.07) is 3.99. The van der Waals surface area contributed by atoms with Crippen LogP contribution in [-0.2, 0) is 25.4 Å². The molecule has 1 aliphatic rings. The van der Waals surface area contributed by atoms with Gasteiger partial charge in [-0.05, 0) is 58.6 Å². The molecule has 7 heteroatoms. The van der Waals surface area contributed by atoms with Gasteiger partial charge >= 0.3 is 13.1 Å². The Balaban J connectivity index is 1.78. The van der Waals surface area contributed by atoms with Crippen molar-refractivity contribution in [1.82, 2.24) is 9.55 Å². The number of ether oxygens (including phenoxy) is 1. The van der Waals surface area contributed by atoms with E-state index in [2.05, 4.69) is 9.55 Å². The Bertz CT molecular complexity index is 784. The fourth-order valence-electron chi connectivity index (χ4n) is 3.09. The zero-order valence-corrected chi connectivity index (χ0v) is 16.2. The van der Waals surface area contributed by atoms with E-state index in [0.29, 0.717) is 26.0 Å². The van der Waals surface area contributed by atoms with Gasteiger partial charge in [0.1, 0.15) is 5.65 Å². The number of carbonyl (C=O) groups is 1. The van der Waals surface area contributed by atoms with Crippen molar-refractivity contribution in [2.24, 2.45) is 0 Å². The first-order chi connectivity index (χ1) is 12.2. The molecule has 3 rings (SSSR count). The van der Waals surface area contributed by atoms with E-state index in [0.717, 1.165) is 16.5 Å². The second kappa shape index (κ2) is 7.04. The average Bonchev–Trinajstić information content (AvgIpc) is 3.06. The van der Waals surface area contributed by atoms with E-state index in [1.165, 1.54) is 0 Å². The number of hydrogen-bond acceptors (Lipinski definition) is 5. The second-order valence-electron chi connectivity index (χ2n) is 7.64. The summed E-state index contributed by atoms with van der Waals surface area (Å²) >= 11 is 0. The predicted molar refractivity (Wildman–Crippen MR) is 101 cm³/mol. The van der Waals surface area contributed by atoms with Crippen LogP contribution in [0.3, 0.4) is 0 Å². The van der Waals surface area contributed by atoms with Gasteiger partial charge in [-0.15, -0.1) is 0 Å². The first-order valence-electron chi connectivity index (χ1n) is 9.20. The SMILES string of the molecule is CCOC(=O)CCCn1ccc2c(B3OC(C)(C)C(C)(C)O3)ccnc21.